The van der Waals surface area contributed by atoms with Gasteiger partial charge in [-0.3, -0.25) is 9.36 Å². The zero-order chi connectivity index (χ0) is 12.8. The topological polar surface area (TPSA) is 107 Å². The van der Waals surface area contributed by atoms with E-state index < -0.39 is 19.8 Å². The number of nitrogens with zero attached hydrogens (tertiary/aromatic N) is 1. The zero-order valence-corrected chi connectivity index (χ0v) is 10.4. The maximum atomic E-state index is 10.9. The van der Waals surface area contributed by atoms with Crippen LogP contribution in [0.3, 0.4) is 0 Å². The van der Waals surface area contributed by atoms with E-state index in [-0.39, 0.29) is 12.3 Å². The van der Waals surface area contributed by atoms with Crippen molar-refractivity contribution in [2.45, 2.75) is 25.1 Å². The second-order valence-corrected chi connectivity index (χ2v) is 5.66. The molecule has 0 radical (unpaired) electrons. The molecular weight excluding hydrogens is 249 g/mol. The number of aliphatic carboxylic acids is 1. The van der Waals surface area contributed by atoms with Crippen LogP contribution in [0.4, 0.5) is 0 Å². The fraction of sp³-hybridized carbons (Fsp3) is 0.889. The van der Waals surface area contributed by atoms with Gasteiger partial charge in [0.25, 0.3) is 8.03 Å². The van der Waals surface area contributed by atoms with Gasteiger partial charge in [-0.2, -0.15) is 4.67 Å². The van der Waals surface area contributed by atoms with Crippen LogP contribution in [-0.2, 0) is 14.0 Å². The molecule has 17 heavy (non-hydrogen) atoms. The Morgan fingerprint density at radius 3 is 2.53 bits per heavy atom. The van der Waals surface area contributed by atoms with Gasteiger partial charge < -0.3 is 15.1 Å². The summed E-state index contributed by atoms with van der Waals surface area (Å²) in [5.41, 5.74) is 0. The number of carboxylic acid groups (broad SMARTS) is 1. The summed E-state index contributed by atoms with van der Waals surface area (Å²) in [5.74, 6) is -2.19. The minimum absolute atomic E-state index is 0.246. The highest BCUT2D eigenvalue weighted by Crippen LogP contribution is 2.28. The predicted octanol–water partition coefficient (Wildman–Crippen LogP) is 0.456. The third-order valence-corrected chi connectivity index (χ3v) is 4.03. The number of aliphatic hydroxyl groups excluding tert-OH is 1. The SMILES string of the molecule is O=C(O)C1CCN(CCC(O)[PH](=O)OO)CC1. The first-order valence-electron chi connectivity index (χ1n) is 5.53. The molecule has 0 aromatic rings. The van der Waals surface area contributed by atoms with Gasteiger partial charge in [0.15, 0.2) is 0 Å². The van der Waals surface area contributed by atoms with E-state index in [0.717, 1.165) is 0 Å². The van der Waals surface area contributed by atoms with E-state index in [0.29, 0.717) is 32.5 Å². The van der Waals surface area contributed by atoms with Crippen LogP contribution >= 0.6 is 8.03 Å². The van der Waals surface area contributed by atoms with Gasteiger partial charge >= 0.3 is 5.97 Å². The summed E-state index contributed by atoms with van der Waals surface area (Å²) in [4.78, 5) is 12.7. The predicted molar refractivity (Wildman–Crippen MR) is 60.1 cm³/mol. The number of hydrogen-bond donors (Lipinski definition) is 3. The van der Waals surface area contributed by atoms with E-state index in [1.165, 1.54) is 0 Å². The van der Waals surface area contributed by atoms with E-state index in [4.69, 9.17) is 10.4 Å². The van der Waals surface area contributed by atoms with E-state index in [1.54, 1.807) is 0 Å². The van der Waals surface area contributed by atoms with Crippen molar-refractivity contribution in [2.24, 2.45) is 5.92 Å². The molecule has 1 rings (SSSR count). The van der Waals surface area contributed by atoms with Crippen molar-refractivity contribution in [1.82, 2.24) is 4.90 Å². The summed E-state index contributed by atoms with van der Waals surface area (Å²) in [5, 5.41) is 26.3. The Hall–Kier alpha value is -0.460. The maximum absolute atomic E-state index is 10.9. The van der Waals surface area contributed by atoms with Crippen LogP contribution in [0.1, 0.15) is 19.3 Å². The molecule has 1 aliphatic heterocycles. The lowest BCUT2D eigenvalue weighted by molar-refractivity contribution is -0.143. The number of aliphatic hydroxyl groups is 1. The van der Waals surface area contributed by atoms with Gasteiger partial charge in [-0.25, -0.2) is 5.26 Å². The highest BCUT2D eigenvalue weighted by Gasteiger charge is 2.25. The summed E-state index contributed by atoms with van der Waals surface area (Å²) >= 11 is 0. The first-order valence-corrected chi connectivity index (χ1v) is 6.92. The van der Waals surface area contributed by atoms with E-state index in [9.17, 15) is 14.5 Å². The van der Waals surface area contributed by atoms with E-state index >= 15 is 0 Å². The van der Waals surface area contributed by atoms with Crippen LogP contribution < -0.4 is 0 Å². The van der Waals surface area contributed by atoms with Gasteiger partial charge in [0.1, 0.15) is 5.85 Å². The number of carboxylic acids is 1. The highest BCUT2D eigenvalue weighted by molar-refractivity contribution is 7.39. The van der Waals surface area contributed by atoms with Crippen LogP contribution in [-0.4, -0.2) is 51.8 Å². The minimum Gasteiger partial charge on any atom is -0.481 e. The van der Waals surface area contributed by atoms with Gasteiger partial charge in [-0.15, -0.1) is 0 Å². The molecule has 0 bridgehead atoms. The quantitative estimate of drug-likeness (QED) is 0.364. The third-order valence-electron chi connectivity index (χ3n) is 3.02. The monoisotopic (exact) mass is 267 g/mol. The number of hydrogen-bond acceptors (Lipinski definition) is 6. The summed E-state index contributed by atoms with van der Waals surface area (Å²) in [7, 11) is -2.79. The molecular formula is C9H18NO6P. The smallest absolute Gasteiger partial charge is 0.306 e. The minimum atomic E-state index is -2.79. The molecule has 0 aliphatic carbocycles. The molecule has 0 amide bonds. The van der Waals surface area contributed by atoms with Gasteiger partial charge in [-0.1, -0.05) is 0 Å². The fourth-order valence-corrected chi connectivity index (χ4v) is 2.37. The number of piperidine rings is 1. The molecule has 1 heterocycles. The Kier molecular flexibility index (Phi) is 6.08. The fourth-order valence-electron chi connectivity index (χ4n) is 1.89. The average Bonchev–Trinajstić information content (AvgIpc) is 2.35. The lowest BCUT2D eigenvalue weighted by Gasteiger charge is -2.30. The lowest BCUT2D eigenvalue weighted by atomic mass is 9.97. The van der Waals surface area contributed by atoms with Crippen molar-refractivity contribution < 1.29 is 29.5 Å². The van der Waals surface area contributed by atoms with Gasteiger partial charge in [0.2, 0.25) is 0 Å². The summed E-state index contributed by atoms with van der Waals surface area (Å²) < 4.78 is 14.5. The maximum Gasteiger partial charge on any atom is 0.306 e. The van der Waals surface area contributed by atoms with Crippen LogP contribution in [0.15, 0.2) is 0 Å². The molecule has 0 saturated carbocycles. The third kappa shape index (κ3) is 4.73. The van der Waals surface area contributed by atoms with Crippen LogP contribution in [0, 0.1) is 5.92 Å². The molecule has 7 nitrogen and oxygen atoms in total. The number of rotatable bonds is 6. The Morgan fingerprint density at radius 2 is 2.06 bits per heavy atom. The normalized spacial score (nSPS) is 22.2. The molecule has 2 unspecified atom stereocenters. The summed E-state index contributed by atoms with van der Waals surface area (Å²) in [6, 6.07) is 0. The van der Waals surface area contributed by atoms with Crippen molar-refractivity contribution in [1.29, 1.82) is 0 Å². The first-order chi connectivity index (χ1) is 8.04. The Morgan fingerprint density at radius 1 is 1.47 bits per heavy atom. The molecule has 0 aromatic carbocycles. The van der Waals surface area contributed by atoms with Crippen LogP contribution in [0.5, 0.6) is 0 Å². The average molecular weight is 267 g/mol. The van der Waals surface area contributed by atoms with E-state index in [1.807, 2.05) is 4.90 Å². The molecule has 100 valence electrons. The van der Waals surface area contributed by atoms with Gasteiger partial charge in [-0.05, 0) is 32.4 Å². The second-order valence-electron chi connectivity index (χ2n) is 4.17. The Balaban J connectivity index is 2.22. The van der Waals surface area contributed by atoms with Gasteiger partial charge in [0.05, 0.1) is 5.92 Å². The van der Waals surface area contributed by atoms with Crippen LogP contribution in [0.2, 0.25) is 0 Å². The van der Waals surface area contributed by atoms with Crippen molar-refractivity contribution in [2.75, 3.05) is 19.6 Å². The Bertz CT molecular complexity index is 279. The lowest BCUT2D eigenvalue weighted by Crippen LogP contribution is -2.37. The summed E-state index contributed by atoms with van der Waals surface area (Å²) in [6.07, 6.45) is 1.43. The first kappa shape index (κ1) is 14.6. The van der Waals surface area contributed by atoms with Crippen LogP contribution in [0.25, 0.3) is 0 Å². The molecule has 8 heteroatoms. The molecule has 1 fully saturated rings. The molecule has 2 atom stereocenters. The molecule has 0 spiro atoms. The van der Waals surface area contributed by atoms with Crippen molar-refractivity contribution in [3.63, 3.8) is 0 Å². The largest absolute Gasteiger partial charge is 0.481 e. The molecule has 3 N–H and O–H groups in total. The second kappa shape index (κ2) is 7.08. The van der Waals surface area contributed by atoms with Gasteiger partial charge in [0, 0.05) is 6.54 Å². The zero-order valence-electron chi connectivity index (χ0n) is 9.41. The summed E-state index contributed by atoms with van der Waals surface area (Å²) in [6.45, 7) is 1.84. The van der Waals surface area contributed by atoms with Crippen molar-refractivity contribution in [3.8, 4) is 0 Å². The molecule has 0 aromatic heterocycles. The standard InChI is InChI=1S/C9H18NO6P/c11-8(17(15)16-14)3-6-10-4-1-7(2-5-10)9(12)13/h7-8,11,14,17H,1-6H2,(H,12,13). The van der Waals surface area contributed by atoms with Crippen molar-refractivity contribution in [3.05, 3.63) is 0 Å². The van der Waals surface area contributed by atoms with E-state index in [2.05, 4.69) is 4.67 Å². The number of likely N-dealkylation sites (tertiary alicyclic amines) is 1. The Labute approximate surface area is 99.8 Å². The highest BCUT2D eigenvalue weighted by atomic mass is 31.1. The number of carbonyl (C=O) groups is 1. The molecule has 1 saturated heterocycles. The molecule has 1 aliphatic rings. The van der Waals surface area contributed by atoms with Crippen molar-refractivity contribution >= 4 is 14.0 Å².